The Morgan fingerprint density at radius 1 is 1.60 bits per heavy atom. The molecule has 2 N–H and O–H groups in total. The zero-order chi connectivity index (χ0) is 8.15. The van der Waals surface area contributed by atoms with Gasteiger partial charge in [-0.1, -0.05) is 18.2 Å². The molecule has 0 aromatic rings. The third kappa shape index (κ3) is 3.91. The Balaban J connectivity index is 3.60. The van der Waals surface area contributed by atoms with Crippen molar-refractivity contribution < 1.29 is 14.3 Å². The van der Waals surface area contributed by atoms with Crippen LogP contribution in [0.5, 0.6) is 0 Å². The van der Waals surface area contributed by atoms with Gasteiger partial charge in [-0.25, -0.2) is 4.79 Å². The quantitative estimate of drug-likeness (QED) is 0.462. The fraction of sp³-hybridized carbons (Fsp3) is 0.200. The first kappa shape index (κ1) is 8.97. The van der Waals surface area contributed by atoms with Crippen molar-refractivity contribution in [3.8, 4) is 0 Å². The Morgan fingerprint density at radius 3 is 2.40 bits per heavy atom. The van der Waals surface area contributed by atoms with E-state index < -0.39 is 18.5 Å². The van der Waals surface area contributed by atoms with Crippen molar-refractivity contribution >= 4 is 23.5 Å². The molecule has 0 aliphatic rings. The normalized spacial score (nSPS) is 8.50. The molecule has 10 heavy (non-hydrogen) atoms. The minimum Gasteiger partial charge on any atom is -0.451 e. The standard InChI is InChI=1S/C5H6ClNO3/c1-3(6)5(9)10-2-4(7)8/h1-2H2,(H2,7,8). The number of nitrogens with two attached hydrogens (primary N) is 1. The molecule has 0 radical (unpaired) electrons. The minimum absolute atomic E-state index is 0.277. The molecule has 0 saturated heterocycles. The SMILES string of the molecule is C=C(Cl)C(=O)OCC(N)=O. The second kappa shape index (κ2) is 3.90. The number of hydrogen-bond donors (Lipinski definition) is 1. The molecule has 0 bridgehead atoms. The maximum absolute atomic E-state index is 10.4. The summed E-state index contributed by atoms with van der Waals surface area (Å²) in [6, 6.07) is 0. The predicted octanol–water partition coefficient (Wildman–Crippen LogP) is -0.233. The van der Waals surface area contributed by atoms with Gasteiger partial charge in [-0.3, -0.25) is 4.79 Å². The molecule has 0 atom stereocenters. The van der Waals surface area contributed by atoms with E-state index in [0.29, 0.717) is 0 Å². The van der Waals surface area contributed by atoms with Crippen LogP contribution in [0.15, 0.2) is 11.6 Å². The number of esters is 1. The predicted molar refractivity (Wildman–Crippen MR) is 35.1 cm³/mol. The van der Waals surface area contributed by atoms with Gasteiger partial charge in [-0.05, 0) is 0 Å². The van der Waals surface area contributed by atoms with E-state index in [1.807, 2.05) is 0 Å². The molecule has 0 heterocycles. The molecule has 0 aromatic heterocycles. The van der Waals surface area contributed by atoms with Gasteiger partial charge in [-0.15, -0.1) is 0 Å². The summed E-state index contributed by atoms with van der Waals surface area (Å²) in [5.74, 6) is -1.56. The van der Waals surface area contributed by atoms with Gasteiger partial charge in [-0.2, -0.15) is 0 Å². The second-order valence-electron chi connectivity index (χ2n) is 1.45. The summed E-state index contributed by atoms with van der Waals surface area (Å²) < 4.78 is 4.22. The molecule has 0 fully saturated rings. The molecule has 56 valence electrons. The van der Waals surface area contributed by atoms with E-state index >= 15 is 0 Å². The Kier molecular flexibility index (Phi) is 3.49. The number of rotatable bonds is 3. The highest BCUT2D eigenvalue weighted by Gasteiger charge is 2.05. The summed E-state index contributed by atoms with van der Waals surface area (Å²) in [4.78, 5) is 20.4. The molecule has 0 spiro atoms. The number of carbonyl (C=O) groups excluding carboxylic acids is 2. The number of ether oxygens (including phenoxy) is 1. The molecular weight excluding hydrogens is 158 g/mol. The van der Waals surface area contributed by atoms with E-state index in [-0.39, 0.29) is 5.03 Å². The molecule has 0 aliphatic carbocycles. The Morgan fingerprint density at radius 2 is 2.10 bits per heavy atom. The van der Waals surface area contributed by atoms with E-state index in [2.05, 4.69) is 17.0 Å². The van der Waals surface area contributed by atoms with Crippen LogP contribution in [0.2, 0.25) is 0 Å². The van der Waals surface area contributed by atoms with Crippen LogP contribution in [0, 0.1) is 0 Å². The number of primary amides is 1. The van der Waals surface area contributed by atoms with E-state index in [0.717, 1.165) is 0 Å². The average Bonchev–Trinajstić information content (AvgIpc) is 1.82. The van der Waals surface area contributed by atoms with E-state index in [1.54, 1.807) is 0 Å². The lowest BCUT2D eigenvalue weighted by atomic mass is 10.6. The molecule has 4 nitrogen and oxygen atoms in total. The third-order valence-corrected chi connectivity index (χ3v) is 0.721. The van der Waals surface area contributed by atoms with Gasteiger partial charge in [0.05, 0.1) is 0 Å². The molecule has 1 amide bonds. The fourth-order valence-corrected chi connectivity index (χ4v) is 0.270. The first-order valence-electron chi connectivity index (χ1n) is 2.34. The van der Waals surface area contributed by atoms with E-state index in [9.17, 15) is 9.59 Å². The smallest absolute Gasteiger partial charge is 0.349 e. The summed E-state index contributed by atoms with van der Waals surface area (Å²) in [6.45, 7) is 2.60. The van der Waals surface area contributed by atoms with Crippen molar-refractivity contribution in [3.05, 3.63) is 11.6 Å². The molecule has 0 rings (SSSR count). The molecule has 0 aromatic carbocycles. The second-order valence-corrected chi connectivity index (χ2v) is 1.90. The van der Waals surface area contributed by atoms with Gasteiger partial charge in [0.1, 0.15) is 5.03 Å². The van der Waals surface area contributed by atoms with Gasteiger partial charge in [0.25, 0.3) is 5.91 Å². The fourth-order valence-electron chi connectivity index (χ4n) is 0.215. The zero-order valence-corrected chi connectivity index (χ0v) is 5.85. The monoisotopic (exact) mass is 163 g/mol. The van der Waals surface area contributed by atoms with Crippen LogP contribution in [0.1, 0.15) is 0 Å². The number of carbonyl (C=O) groups is 2. The van der Waals surface area contributed by atoms with Gasteiger partial charge >= 0.3 is 5.97 Å². The van der Waals surface area contributed by atoms with Crippen molar-refractivity contribution in [2.45, 2.75) is 0 Å². The van der Waals surface area contributed by atoms with Crippen molar-refractivity contribution in [1.29, 1.82) is 0 Å². The van der Waals surface area contributed by atoms with Crippen LogP contribution in [0.4, 0.5) is 0 Å². The van der Waals surface area contributed by atoms with Crippen LogP contribution in [0.25, 0.3) is 0 Å². The van der Waals surface area contributed by atoms with Crippen LogP contribution < -0.4 is 5.73 Å². The maximum atomic E-state index is 10.4. The lowest BCUT2D eigenvalue weighted by Gasteiger charge is -1.97. The Labute approximate surface area is 62.6 Å². The Bertz CT molecular complexity index is 178. The van der Waals surface area contributed by atoms with Crippen molar-refractivity contribution in [3.63, 3.8) is 0 Å². The number of halogens is 1. The first-order chi connectivity index (χ1) is 4.54. The van der Waals surface area contributed by atoms with Gasteiger partial charge < -0.3 is 10.5 Å². The van der Waals surface area contributed by atoms with E-state index in [1.165, 1.54) is 0 Å². The summed E-state index contributed by atoms with van der Waals surface area (Å²) in [5.41, 5.74) is 4.65. The van der Waals surface area contributed by atoms with Crippen LogP contribution in [0.3, 0.4) is 0 Å². The molecule has 0 aliphatic heterocycles. The highest BCUT2D eigenvalue weighted by Crippen LogP contribution is 1.98. The minimum atomic E-state index is -0.833. The molecule has 0 saturated carbocycles. The first-order valence-corrected chi connectivity index (χ1v) is 2.71. The number of amides is 1. The van der Waals surface area contributed by atoms with Crippen molar-refractivity contribution in [1.82, 2.24) is 0 Å². The lowest BCUT2D eigenvalue weighted by molar-refractivity contribution is -0.143. The summed E-state index contributed by atoms with van der Waals surface area (Å²) in [5, 5.41) is -0.277. The third-order valence-electron chi connectivity index (χ3n) is 0.567. The van der Waals surface area contributed by atoms with Gasteiger partial charge in [0.2, 0.25) is 0 Å². The number of hydrogen-bond acceptors (Lipinski definition) is 3. The highest BCUT2D eigenvalue weighted by molar-refractivity contribution is 6.40. The largest absolute Gasteiger partial charge is 0.451 e. The molecular formula is C5H6ClNO3. The summed E-state index contributed by atoms with van der Waals surface area (Å²) >= 11 is 5.09. The highest BCUT2D eigenvalue weighted by atomic mass is 35.5. The molecule has 5 heteroatoms. The van der Waals surface area contributed by atoms with Gasteiger partial charge in [0.15, 0.2) is 6.61 Å². The maximum Gasteiger partial charge on any atom is 0.349 e. The zero-order valence-electron chi connectivity index (χ0n) is 5.09. The van der Waals surface area contributed by atoms with Crippen LogP contribution in [-0.2, 0) is 14.3 Å². The van der Waals surface area contributed by atoms with E-state index in [4.69, 9.17) is 11.6 Å². The Hall–Kier alpha value is -1.03. The summed E-state index contributed by atoms with van der Waals surface area (Å²) in [7, 11) is 0. The van der Waals surface area contributed by atoms with Gasteiger partial charge in [0, 0.05) is 0 Å². The average molecular weight is 164 g/mol. The van der Waals surface area contributed by atoms with Crippen LogP contribution in [-0.4, -0.2) is 18.5 Å². The molecule has 0 unspecified atom stereocenters. The summed E-state index contributed by atoms with van der Waals surface area (Å²) in [6.07, 6.45) is 0. The van der Waals surface area contributed by atoms with Crippen molar-refractivity contribution in [2.24, 2.45) is 5.73 Å². The van der Waals surface area contributed by atoms with Crippen LogP contribution >= 0.6 is 11.6 Å². The van der Waals surface area contributed by atoms with Crippen molar-refractivity contribution in [2.75, 3.05) is 6.61 Å². The lowest BCUT2D eigenvalue weighted by Crippen LogP contribution is -2.20. The topological polar surface area (TPSA) is 69.4 Å².